The topological polar surface area (TPSA) is 36.7 Å². The number of nitriles is 1. The second kappa shape index (κ2) is 7.88. The van der Waals surface area contributed by atoms with Crippen molar-refractivity contribution < 1.29 is 8.78 Å². The molecule has 0 bridgehead atoms. The van der Waals surface area contributed by atoms with Crippen molar-refractivity contribution in [2.75, 3.05) is 0 Å². The van der Waals surface area contributed by atoms with E-state index in [1.54, 1.807) is 42.6 Å². The zero-order valence-corrected chi connectivity index (χ0v) is 14.5. The van der Waals surface area contributed by atoms with Crippen LogP contribution in [-0.4, -0.2) is 4.98 Å². The van der Waals surface area contributed by atoms with Gasteiger partial charge in [0.25, 0.3) is 0 Å². The Kier molecular flexibility index (Phi) is 5.38. The number of nitrogens with zero attached hydrogens (tertiary/aromatic N) is 2. The van der Waals surface area contributed by atoms with Crippen LogP contribution < -0.4 is 0 Å². The average molecular weight is 348 g/mol. The number of rotatable bonds is 5. The summed E-state index contributed by atoms with van der Waals surface area (Å²) in [6, 6.07) is 14.9. The van der Waals surface area contributed by atoms with Gasteiger partial charge in [-0.25, -0.2) is 8.78 Å². The predicted octanol–water partition coefficient (Wildman–Crippen LogP) is 5.91. The second-order valence-electron chi connectivity index (χ2n) is 6.16. The molecule has 130 valence electrons. The third-order valence-corrected chi connectivity index (χ3v) is 4.31. The Morgan fingerprint density at radius 2 is 1.77 bits per heavy atom. The van der Waals surface area contributed by atoms with E-state index in [0.29, 0.717) is 22.4 Å². The highest BCUT2D eigenvalue weighted by Gasteiger charge is 2.09. The Morgan fingerprint density at radius 1 is 0.962 bits per heavy atom. The SMILES string of the molecule is CCCCc1ccc(-c2ccc(-c3ccc(C#N)c(F)c3)nc2)c(F)c1. The first-order chi connectivity index (χ1) is 12.6. The van der Waals surface area contributed by atoms with Crippen molar-refractivity contribution >= 4 is 0 Å². The molecule has 0 amide bonds. The van der Waals surface area contributed by atoms with Gasteiger partial charge in [0.05, 0.1) is 11.3 Å². The highest BCUT2D eigenvalue weighted by molar-refractivity contribution is 5.68. The van der Waals surface area contributed by atoms with Crippen LogP contribution in [0.25, 0.3) is 22.4 Å². The molecule has 1 heterocycles. The molecule has 0 fully saturated rings. The molecule has 0 saturated heterocycles. The third kappa shape index (κ3) is 3.78. The molecule has 2 aromatic carbocycles. The maximum atomic E-state index is 14.4. The monoisotopic (exact) mass is 348 g/mol. The van der Waals surface area contributed by atoms with Crippen LogP contribution in [0.5, 0.6) is 0 Å². The number of hydrogen-bond acceptors (Lipinski definition) is 2. The predicted molar refractivity (Wildman–Crippen MR) is 98.4 cm³/mol. The van der Waals surface area contributed by atoms with Gasteiger partial charge >= 0.3 is 0 Å². The van der Waals surface area contributed by atoms with Crippen molar-refractivity contribution in [1.29, 1.82) is 5.26 Å². The molecular formula is C22H18F2N2. The van der Waals surface area contributed by atoms with Crippen LogP contribution in [0, 0.1) is 23.0 Å². The van der Waals surface area contributed by atoms with Crippen LogP contribution >= 0.6 is 0 Å². The summed E-state index contributed by atoms with van der Waals surface area (Å²) in [5.74, 6) is -0.845. The van der Waals surface area contributed by atoms with E-state index in [-0.39, 0.29) is 11.4 Å². The van der Waals surface area contributed by atoms with Crippen molar-refractivity contribution in [3.8, 4) is 28.5 Å². The number of aromatic nitrogens is 1. The van der Waals surface area contributed by atoms with Gasteiger partial charge < -0.3 is 0 Å². The molecule has 1 aromatic heterocycles. The Morgan fingerprint density at radius 3 is 2.38 bits per heavy atom. The molecule has 0 aliphatic heterocycles. The molecule has 0 unspecified atom stereocenters. The number of pyridine rings is 1. The highest BCUT2D eigenvalue weighted by Crippen LogP contribution is 2.26. The van der Waals surface area contributed by atoms with Crippen LogP contribution in [-0.2, 0) is 6.42 Å². The lowest BCUT2D eigenvalue weighted by Gasteiger charge is -2.08. The molecule has 3 rings (SSSR count). The number of unbranched alkanes of at least 4 members (excludes halogenated alkanes) is 1. The molecule has 4 heteroatoms. The molecule has 0 atom stereocenters. The van der Waals surface area contributed by atoms with Crippen molar-refractivity contribution in [1.82, 2.24) is 4.98 Å². The van der Waals surface area contributed by atoms with Crippen molar-refractivity contribution in [3.05, 3.63) is 77.5 Å². The van der Waals surface area contributed by atoms with Gasteiger partial charge in [-0.1, -0.05) is 37.6 Å². The molecule has 0 N–H and O–H groups in total. The first kappa shape index (κ1) is 17.8. The highest BCUT2D eigenvalue weighted by atomic mass is 19.1. The first-order valence-electron chi connectivity index (χ1n) is 8.57. The second-order valence-corrected chi connectivity index (χ2v) is 6.16. The average Bonchev–Trinajstić information content (AvgIpc) is 2.66. The van der Waals surface area contributed by atoms with Crippen LogP contribution in [0.4, 0.5) is 8.78 Å². The van der Waals surface area contributed by atoms with E-state index in [4.69, 9.17) is 5.26 Å². The van der Waals surface area contributed by atoms with Gasteiger partial charge in [0, 0.05) is 22.9 Å². The lowest BCUT2D eigenvalue weighted by molar-refractivity contribution is 0.624. The standard InChI is InChI=1S/C22H18F2N2/c1-2-3-4-15-5-9-19(21(24)11-15)18-8-10-22(26-14-18)16-6-7-17(13-25)20(23)12-16/h5-12,14H,2-4H2,1H3. The van der Waals surface area contributed by atoms with Crippen LogP contribution in [0.15, 0.2) is 54.7 Å². The molecule has 3 aromatic rings. The first-order valence-corrected chi connectivity index (χ1v) is 8.57. The normalized spacial score (nSPS) is 10.5. The lowest BCUT2D eigenvalue weighted by atomic mass is 10.0. The van der Waals surface area contributed by atoms with E-state index >= 15 is 0 Å². The minimum Gasteiger partial charge on any atom is -0.256 e. The van der Waals surface area contributed by atoms with Gasteiger partial charge in [0.1, 0.15) is 17.7 Å². The van der Waals surface area contributed by atoms with E-state index < -0.39 is 5.82 Å². The van der Waals surface area contributed by atoms with Crippen molar-refractivity contribution in [3.63, 3.8) is 0 Å². The van der Waals surface area contributed by atoms with Crippen LogP contribution in [0.1, 0.15) is 30.9 Å². The molecule has 26 heavy (non-hydrogen) atoms. The Hall–Kier alpha value is -3.06. The summed E-state index contributed by atoms with van der Waals surface area (Å²) < 4.78 is 28.2. The quantitative estimate of drug-likeness (QED) is 0.575. The van der Waals surface area contributed by atoms with Gasteiger partial charge in [-0.15, -0.1) is 0 Å². The fraction of sp³-hybridized carbons (Fsp3) is 0.182. The zero-order chi connectivity index (χ0) is 18.5. The molecule has 0 radical (unpaired) electrons. The van der Waals surface area contributed by atoms with Crippen LogP contribution in [0.3, 0.4) is 0 Å². The summed E-state index contributed by atoms with van der Waals surface area (Å²) in [4.78, 5) is 4.32. The summed E-state index contributed by atoms with van der Waals surface area (Å²) >= 11 is 0. The molecule has 0 spiro atoms. The van der Waals surface area contributed by atoms with Crippen molar-refractivity contribution in [2.24, 2.45) is 0 Å². The van der Waals surface area contributed by atoms with E-state index in [2.05, 4.69) is 11.9 Å². The maximum absolute atomic E-state index is 14.4. The maximum Gasteiger partial charge on any atom is 0.141 e. The van der Waals surface area contributed by atoms with Crippen molar-refractivity contribution in [2.45, 2.75) is 26.2 Å². The number of hydrogen-bond donors (Lipinski definition) is 0. The molecule has 0 saturated carbocycles. The molecule has 0 aliphatic carbocycles. The van der Waals surface area contributed by atoms with Gasteiger partial charge in [0.15, 0.2) is 0 Å². The minimum atomic E-state index is -0.579. The van der Waals surface area contributed by atoms with Crippen LogP contribution in [0.2, 0.25) is 0 Å². The summed E-state index contributed by atoms with van der Waals surface area (Å²) in [7, 11) is 0. The van der Waals surface area contributed by atoms with E-state index in [1.807, 2.05) is 6.07 Å². The van der Waals surface area contributed by atoms with Gasteiger partial charge in [-0.2, -0.15) is 5.26 Å². The Labute approximate surface area is 151 Å². The number of benzene rings is 2. The number of aryl methyl sites for hydroxylation is 1. The fourth-order valence-electron chi connectivity index (χ4n) is 2.82. The Bertz CT molecular complexity index is 957. The third-order valence-electron chi connectivity index (χ3n) is 4.31. The lowest BCUT2D eigenvalue weighted by Crippen LogP contribution is -1.92. The van der Waals surface area contributed by atoms with Gasteiger partial charge in [-0.05, 0) is 42.7 Å². The Balaban J connectivity index is 1.86. The summed E-state index contributed by atoms with van der Waals surface area (Å²) in [6.45, 7) is 2.11. The van der Waals surface area contributed by atoms with E-state index in [0.717, 1.165) is 24.8 Å². The van der Waals surface area contributed by atoms with E-state index in [9.17, 15) is 8.78 Å². The van der Waals surface area contributed by atoms with Gasteiger partial charge in [-0.3, -0.25) is 4.98 Å². The molecule has 2 nitrogen and oxygen atoms in total. The largest absolute Gasteiger partial charge is 0.256 e. The summed E-state index contributed by atoms with van der Waals surface area (Å²) in [6.07, 6.45) is 4.56. The molecular weight excluding hydrogens is 330 g/mol. The summed E-state index contributed by atoms with van der Waals surface area (Å²) in [5, 5.41) is 8.79. The fourth-order valence-corrected chi connectivity index (χ4v) is 2.82. The van der Waals surface area contributed by atoms with Gasteiger partial charge in [0.2, 0.25) is 0 Å². The minimum absolute atomic E-state index is 0.00407. The zero-order valence-electron chi connectivity index (χ0n) is 14.5. The smallest absolute Gasteiger partial charge is 0.141 e. The number of halogens is 2. The van der Waals surface area contributed by atoms with E-state index in [1.165, 1.54) is 12.1 Å². The molecule has 0 aliphatic rings. The summed E-state index contributed by atoms with van der Waals surface area (Å²) in [5.41, 5.74) is 3.29.